The van der Waals surface area contributed by atoms with E-state index >= 15 is 0 Å². The summed E-state index contributed by atoms with van der Waals surface area (Å²) in [5.74, 6) is 0. The molecule has 0 aromatic heterocycles. The second kappa shape index (κ2) is 8.16. The highest BCUT2D eigenvalue weighted by Crippen LogP contribution is 2.53. The SMILES string of the molecule is CC1(C)c2ccccc2-c2c3ccccc3c(-c3cccc(-c4cccc5ccccc45)c3)c3cccc1c23. The van der Waals surface area contributed by atoms with Crippen LogP contribution in [0.1, 0.15) is 25.0 Å². The molecule has 0 radical (unpaired) electrons. The zero-order valence-corrected chi connectivity index (χ0v) is 22.2. The Morgan fingerprint density at radius 1 is 0.410 bits per heavy atom. The standard InChI is InChI=1S/C39H28/c1-39(2)34-22-8-7-19-32(34)37-31-18-6-5-17-30(31)36(33-21-11-23-35(39)38(33)37)27-15-9-14-26(24-27)29-20-10-13-25-12-3-4-16-28(25)29/h3-24H,1-2H3. The lowest BCUT2D eigenvalue weighted by Gasteiger charge is -2.36. The van der Waals surface area contributed by atoms with Crippen LogP contribution in [0, 0.1) is 0 Å². The van der Waals surface area contributed by atoms with Crippen LogP contribution in [0.25, 0.3) is 65.7 Å². The fourth-order valence-corrected chi connectivity index (χ4v) is 7.05. The molecule has 0 unspecified atom stereocenters. The highest BCUT2D eigenvalue weighted by Gasteiger charge is 2.34. The van der Waals surface area contributed by atoms with Crippen LogP contribution in [0.4, 0.5) is 0 Å². The fraction of sp³-hybridized carbons (Fsp3) is 0.0769. The average Bonchev–Trinajstić information content (AvgIpc) is 2.99. The highest BCUT2D eigenvalue weighted by atomic mass is 14.4. The van der Waals surface area contributed by atoms with Crippen molar-refractivity contribution in [1.82, 2.24) is 0 Å². The molecule has 8 rings (SSSR count). The van der Waals surface area contributed by atoms with Crippen LogP contribution in [0.2, 0.25) is 0 Å². The molecule has 0 heterocycles. The van der Waals surface area contributed by atoms with Gasteiger partial charge in [-0.2, -0.15) is 0 Å². The van der Waals surface area contributed by atoms with Crippen LogP contribution < -0.4 is 0 Å². The number of rotatable bonds is 2. The fourth-order valence-electron chi connectivity index (χ4n) is 7.05. The quantitative estimate of drug-likeness (QED) is 0.209. The summed E-state index contributed by atoms with van der Waals surface area (Å²) < 4.78 is 0. The van der Waals surface area contributed by atoms with Crippen LogP contribution >= 0.6 is 0 Å². The van der Waals surface area contributed by atoms with E-state index < -0.39 is 0 Å². The van der Waals surface area contributed by atoms with Gasteiger partial charge in [-0.05, 0) is 82.9 Å². The molecule has 0 saturated heterocycles. The zero-order chi connectivity index (χ0) is 26.1. The molecular formula is C39H28. The van der Waals surface area contributed by atoms with Crippen LogP contribution in [0.3, 0.4) is 0 Å². The molecule has 0 atom stereocenters. The van der Waals surface area contributed by atoms with Gasteiger partial charge in [0.05, 0.1) is 0 Å². The Morgan fingerprint density at radius 3 is 1.85 bits per heavy atom. The van der Waals surface area contributed by atoms with E-state index in [1.54, 1.807) is 0 Å². The van der Waals surface area contributed by atoms with Crippen LogP contribution in [-0.4, -0.2) is 0 Å². The molecule has 1 aliphatic rings. The molecule has 0 saturated carbocycles. The van der Waals surface area contributed by atoms with Crippen LogP contribution in [0.5, 0.6) is 0 Å². The van der Waals surface area contributed by atoms with Gasteiger partial charge in [0.15, 0.2) is 0 Å². The minimum absolute atomic E-state index is 0.0758. The van der Waals surface area contributed by atoms with Gasteiger partial charge in [-0.15, -0.1) is 0 Å². The molecule has 0 N–H and O–H groups in total. The lowest BCUT2D eigenvalue weighted by atomic mass is 9.67. The summed E-state index contributed by atoms with van der Waals surface area (Å²) in [6.07, 6.45) is 0. The Hall–Kier alpha value is -4.68. The van der Waals surface area contributed by atoms with E-state index in [0.29, 0.717) is 0 Å². The van der Waals surface area contributed by atoms with Crippen molar-refractivity contribution in [3.63, 3.8) is 0 Å². The summed E-state index contributed by atoms with van der Waals surface area (Å²) in [4.78, 5) is 0. The predicted octanol–water partition coefficient (Wildman–Crippen LogP) is 10.8. The van der Waals surface area contributed by atoms with Crippen LogP contribution in [0.15, 0.2) is 133 Å². The van der Waals surface area contributed by atoms with E-state index in [0.717, 1.165) is 0 Å². The third kappa shape index (κ3) is 3.12. The number of benzene rings is 7. The highest BCUT2D eigenvalue weighted by molar-refractivity contribution is 6.23. The van der Waals surface area contributed by atoms with Crippen molar-refractivity contribution in [2.45, 2.75) is 19.3 Å². The summed E-state index contributed by atoms with van der Waals surface area (Å²) in [6, 6.07) is 49.3. The Morgan fingerprint density at radius 2 is 0.974 bits per heavy atom. The first-order valence-corrected chi connectivity index (χ1v) is 13.8. The lowest BCUT2D eigenvalue weighted by molar-refractivity contribution is 0.645. The second-order valence-electron chi connectivity index (χ2n) is 11.3. The van der Waals surface area contributed by atoms with Crippen molar-refractivity contribution in [2.75, 3.05) is 0 Å². The molecular weight excluding hydrogens is 468 g/mol. The summed E-state index contributed by atoms with van der Waals surface area (Å²) >= 11 is 0. The first-order chi connectivity index (χ1) is 19.1. The maximum absolute atomic E-state index is 2.39. The summed E-state index contributed by atoms with van der Waals surface area (Å²) in [6.45, 7) is 4.75. The van der Waals surface area contributed by atoms with Crippen LogP contribution in [-0.2, 0) is 5.41 Å². The lowest BCUT2D eigenvalue weighted by Crippen LogP contribution is -2.23. The monoisotopic (exact) mass is 496 g/mol. The first-order valence-electron chi connectivity index (χ1n) is 13.8. The van der Waals surface area contributed by atoms with E-state index in [2.05, 4.69) is 147 Å². The predicted molar refractivity (Wildman–Crippen MR) is 167 cm³/mol. The van der Waals surface area contributed by atoms with Crippen molar-refractivity contribution >= 4 is 32.3 Å². The number of hydrogen-bond acceptors (Lipinski definition) is 0. The van der Waals surface area contributed by atoms with Gasteiger partial charge in [0.25, 0.3) is 0 Å². The van der Waals surface area contributed by atoms with E-state index in [9.17, 15) is 0 Å². The third-order valence-electron chi connectivity index (χ3n) is 8.84. The minimum atomic E-state index is -0.0758. The summed E-state index contributed by atoms with van der Waals surface area (Å²) in [5, 5.41) is 7.92. The van der Waals surface area contributed by atoms with Gasteiger partial charge in [0, 0.05) is 5.41 Å². The Labute approximate surface area is 229 Å². The minimum Gasteiger partial charge on any atom is -0.0619 e. The molecule has 0 fully saturated rings. The molecule has 0 nitrogen and oxygen atoms in total. The van der Waals surface area contributed by atoms with Crippen molar-refractivity contribution in [3.05, 3.63) is 145 Å². The van der Waals surface area contributed by atoms with Crippen molar-refractivity contribution in [1.29, 1.82) is 0 Å². The Bertz CT molecular complexity index is 2090. The molecule has 0 heteroatoms. The molecule has 0 bridgehead atoms. The van der Waals surface area contributed by atoms with Gasteiger partial charge in [-0.3, -0.25) is 0 Å². The maximum Gasteiger partial charge on any atom is 0.0159 e. The third-order valence-corrected chi connectivity index (χ3v) is 8.84. The average molecular weight is 497 g/mol. The topological polar surface area (TPSA) is 0 Å². The normalized spacial score (nSPS) is 13.6. The van der Waals surface area contributed by atoms with Gasteiger partial charge >= 0.3 is 0 Å². The largest absolute Gasteiger partial charge is 0.0619 e. The Balaban J connectivity index is 1.49. The van der Waals surface area contributed by atoms with Gasteiger partial charge in [0.1, 0.15) is 0 Å². The molecule has 0 amide bonds. The van der Waals surface area contributed by atoms with Gasteiger partial charge in [-0.25, -0.2) is 0 Å². The molecule has 184 valence electrons. The molecule has 0 aliphatic heterocycles. The second-order valence-corrected chi connectivity index (χ2v) is 11.3. The van der Waals surface area contributed by atoms with Crippen molar-refractivity contribution < 1.29 is 0 Å². The first kappa shape index (κ1) is 22.3. The zero-order valence-electron chi connectivity index (χ0n) is 22.2. The smallest absolute Gasteiger partial charge is 0.0159 e. The summed E-state index contributed by atoms with van der Waals surface area (Å²) in [7, 11) is 0. The summed E-state index contributed by atoms with van der Waals surface area (Å²) in [5.41, 5.74) is 10.6. The van der Waals surface area contributed by atoms with Gasteiger partial charge < -0.3 is 0 Å². The maximum atomic E-state index is 2.39. The van der Waals surface area contributed by atoms with E-state index in [1.807, 2.05) is 0 Å². The Kier molecular flexibility index (Phi) is 4.67. The molecule has 0 spiro atoms. The van der Waals surface area contributed by atoms with E-state index in [4.69, 9.17) is 0 Å². The van der Waals surface area contributed by atoms with Crippen molar-refractivity contribution in [2.24, 2.45) is 0 Å². The van der Waals surface area contributed by atoms with E-state index in [1.165, 1.54) is 76.8 Å². The van der Waals surface area contributed by atoms with E-state index in [-0.39, 0.29) is 5.41 Å². The van der Waals surface area contributed by atoms with Gasteiger partial charge in [-0.1, -0.05) is 141 Å². The molecule has 7 aromatic rings. The number of hydrogen-bond donors (Lipinski definition) is 0. The number of fused-ring (bicyclic) bond motifs is 5. The van der Waals surface area contributed by atoms with Gasteiger partial charge in [0.2, 0.25) is 0 Å². The molecule has 7 aromatic carbocycles. The van der Waals surface area contributed by atoms with Crippen molar-refractivity contribution in [3.8, 4) is 33.4 Å². The molecule has 1 aliphatic carbocycles. The molecule has 39 heavy (non-hydrogen) atoms.